The van der Waals surface area contributed by atoms with Crippen LogP contribution in [0.2, 0.25) is 10.0 Å². The van der Waals surface area contributed by atoms with E-state index in [-0.39, 0.29) is 5.91 Å². The third kappa shape index (κ3) is 5.21. The van der Waals surface area contributed by atoms with Gasteiger partial charge in [-0.2, -0.15) is 0 Å². The van der Waals surface area contributed by atoms with Crippen LogP contribution in [0.5, 0.6) is 0 Å². The van der Waals surface area contributed by atoms with Crippen LogP contribution in [0.25, 0.3) is 0 Å². The second-order valence-corrected chi connectivity index (χ2v) is 8.21. The van der Waals surface area contributed by atoms with E-state index >= 15 is 0 Å². The minimum atomic E-state index is -0.656. The van der Waals surface area contributed by atoms with Crippen molar-refractivity contribution < 1.29 is 9.59 Å². The van der Waals surface area contributed by atoms with Crippen LogP contribution in [0.15, 0.2) is 46.9 Å². The van der Waals surface area contributed by atoms with Crippen LogP contribution in [0.3, 0.4) is 0 Å². The highest BCUT2D eigenvalue weighted by molar-refractivity contribution is 9.10. The summed E-state index contributed by atoms with van der Waals surface area (Å²) in [5.41, 5.74) is 2.75. The van der Waals surface area contributed by atoms with E-state index in [9.17, 15) is 9.59 Å². The van der Waals surface area contributed by atoms with Crippen molar-refractivity contribution in [2.24, 2.45) is 0 Å². The van der Waals surface area contributed by atoms with Gasteiger partial charge in [0.25, 0.3) is 11.8 Å². The van der Waals surface area contributed by atoms with E-state index in [0.29, 0.717) is 21.2 Å². The van der Waals surface area contributed by atoms with E-state index in [0.717, 1.165) is 4.47 Å². The first-order valence-corrected chi connectivity index (χ1v) is 9.00. The number of hydrogen-bond donors (Lipinski definition) is 1. The summed E-state index contributed by atoms with van der Waals surface area (Å²) < 4.78 is 0.862. The zero-order chi connectivity index (χ0) is 18.8. The second kappa shape index (κ2) is 7.77. The van der Waals surface area contributed by atoms with Crippen molar-refractivity contribution >= 4 is 50.9 Å². The van der Waals surface area contributed by atoms with Gasteiger partial charge in [0, 0.05) is 25.6 Å². The Balaban J connectivity index is 2.31. The van der Waals surface area contributed by atoms with Crippen LogP contribution in [-0.2, 0) is 0 Å². The van der Waals surface area contributed by atoms with Crippen LogP contribution in [0.1, 0.15) is 41.5 Å². The molecule has 0 bridgehead atoms. The Labute approximate surface area is 165 Å². The first kappa shape index (κ1) is 19.8. The number of nitrogens with one attached hydrogen (secondary N) is 1. The first-order valence-electron chi connectivity index (χ1n) is 7.45. The largest absolute Gasteiger partial charge is 0.272 e. The SMILES string of the molecule is CC(C)(C)N(NC(=O)c1ccc(Br)cc1)C(=O)c1cc(Cl)cc(Cl)c1. The van der Waals surface area contributed by atoms with Gasteiger partial charge in [-0.3, -0.25) is 15.0 Å². The fraction of sp³-hybridized carbons (Fsp3) is 0.222. The van der Waals surface area contributed by atoms with Crippen LogP contribution in [-0.4, -0.2) is 22.4 Å². The number of halogens is 3. The van der Waals surface area contributed by atoms with Gasteiger partial charge in [-0.15, -0.1) is 0 Å². The number of benzene rings is 2. The van der Waals surface area contributed by atoms with Gasteiger partial charge in [0.2, 0.25) is 0 Å². The minimum Gasteiger partial charge on any atom is -0.267 e. The highest BCUT2D eigenvalue weighted by Crippen LogP contribution is 2.22. The van der Waals surface area contributed by atoms with E-state index < -0.39 is 11.4 Å². The molecule has 2 aromatic carbocycles. The third-order valence-corrected chi connectivity index (χ3v) is 4.27. The van der Waals surface area contributed by atoms with Crippen molar-refractivity contribution in [1.82, 2.24) is 10.4 Å². The lowest BCUT2D eigenvalue weighted by Crippen LogP contribution is -2.55. The predicted molar refractivity (Wildman–Crippen MR) is 104 cm³/mol. The molecule has 0 aromatic heterocycles. The fourth-order valence-electron chi connectivity index (χ4n) is 2.10. The summed E-state index contributed by atoms with van der Waals surface area (Å²) in [6, 6.07) is 11.4. The van der Waals surface area contributed by atoms with Crippen LogP contribution >= 0.6 is 39.1 Å². The molecule has 0 unspecified atom stereocenters. The fourth-order valence-corrected chi connectivity index (χ4v) is 2.89. The van der Waals surface area contributed by atoms with Crippen molar-refractivity contribution in [2.45, 2.75) is 26.3 Å². The quantitative estimate of drug-likeness (QED) is 0.636. The molecular weight excluding hydrogens is 427 g/mol. The van der Waals surface area contributed by atoms with Gasteiger partial charge in [0.15, 0.2) is 0 Å². The van der Waals surface area contributed by atoms with E-state index in [1.54, 1.807) is 30.3 Å². The van der Waals surface area contributed by atoms with Gasteiger partial charge in [-0.05, 0) is 63.2 Å². The lowest BCUT2D eigenvalue weighted by molar-refractivity contribution is 0.0358. The van der Waals surface area contributed by atoms with Crippen molar-refractivity contribution in [3.05, 3.63) is 68.1 Å². The van der Waals surface area contributed by atoms with E-state index in [4.69, 9.17) is 23.2 Å². The smallest absolute Gasteiger partial charge is 0.267 e. The zero-order valence-electron chi connectivity index (χ0n) is 13.9. The molecule has 2 aromatic rings. The molecule has 7 heteroatoms. The minimum absolute atomic E-state index is 0.295. The van der Waals surface area contributed by atoms with Gasteiger partial charge in [0.1, 0.15) is 0 Å². The molecule has 2 amide bonds. The molecule has 0 spiro atoms. The van der Waals surface area contributed by atoms with Crippen molar-refractivity contribution in [3.63, 3.8) is 0 Å². The van der Waals surface area contributed by atoms with Gasteiger partial charge < -0.3 is 0 Å². The first-order chi connectivity index (χ1) is 11.6. The van der Waals surface area contributed by atoms with Gasteiger partial charge >= 0.3 is 0 Å². The molecule has 1 N–H and O–H groups in total. The molecule has 132 valence electrons. The monoisotopic (exact) mass is 442 g/mol. The molecule has 0 atom stereocenters. The summed E-state index contributed by atoms with van der Waals surface area (Å²) in [4.78, 5) is 25.4. The normalized spacial score (nSPS) is 11.1. The van der Waals surface area contributed by atoms with Crippen molar-refractivity contribution in [3.8, 4) is 0 Å². The molecule has 0 heterocycles. The van der Waals surface area contributed by atoms with E-state index in [2.05, 4.69) is 21.4 Å². The maximum absolute atomic E-state index is 12.9. The highest BCUT2D eigenvalue weighted by Gasteiger charge is 2.30. The van der Waals surface area contributed by atoms with Crippen LogP contribution < -0.4 is 5.43 Å². The van der Waals surface area contributed by atoms with E-state index in [1.165, 1.54) is 17.1 Å². The summed E-state index contributed by atoms with van der Waals surface area (Å²) in [5.74, 6) is -0.786. The van der Waals surface area contributed by atoms with Crippen LogP contribution in [0, 0.1) is 0 Å². The molecule has 0 aliphatic heterocycles. The Kier molecular flexibility index (Phi) is 6.14. The molecule has 0 fully saturated rings. The Morgan fingerprint density at radius 3 is 1.96 bits per heavy atom. The summed E-state index contributed by atoms with van der Waals surface area (Å²) in [7, 11) is 0. The molecule has 0 aliphatic carbocycles. The molecule has 2 rings (SSSR count). The maximum atomic E-state index is 12.9. The molecule has 0 radical (unpaired) electrons. The average Bonchev–Trinajstić information content (AvgIpc) is 2.50. The second-order valence-electron chi connectivity index (χ2n) is 6.42. The lowest BCUT2D eigenvalue weighted by atomic mass is 10.1. The number of nitrogens with zero attached hydrogens (tertiary/aromatic N) is 1. The van der Waals surface area contributed by atoms with Gasteiger partial charge in [-0.25, -0.2) is 5.01 Å². The molecule has 0 saturated carbocycles. The number of amides is 2. The van der Waals surface area contributed by atoms with Crippen LogP contribution in [0.4, 0.5) is 0 Å². The molecular formula is C18H17BrCl2N2O2. The van der Waals surface area contributed by atoms with E-state index in [1.807, 2.05) is 20.8 Å². The Hall–Kier alpha value is -1.56. The third-order valence-electron chi connectivity index (χ3n) is 3.30. The van der Waals surface area contributed by atoms with Crippen molar-refractivity contribution in [1.29, 1.82) is 0 Å². The maximum Gasteiger partial charge on any atom is 0.272 e. The standard InChI is InChI=1S/C18H17BrCl2N2O2/c1-18(2,3)23(17(25)12-8-14(20)10-15(21)9-12)22-16(24)11-4-6-13(19)7-5-11/h4-10H,1-3H3,(H,22,24). The number of carbonyl (C=O) groups excluding carboxylic acids is 2. The average molecular weight is 444 g/mol. The summed E-state index contributed by atoms with van der Waals surface area (Å²) in [5, 5.41) is 1.98. The summed E-state index contributed by atoms with van der Waals surface area (Å²) in [6.07, 6.45) is 0. The number of hydrogen-bond acceptors (Lipinski definition) is 2. The Morgan fingerprint density at radius 1 is 0.960 bits per heavy atom. The number of rotatable bonds is 2. The molecule has 0 aliphatic rings. The Bertz CT molecular complexity index is 781. The predicted octanol–water partition coefficient (Wildman–Crippen LogP) is 5.34. The van der Waals surface area contributed by atoms with Crippen molar-refractivity contribution in [2.75, 3.05) is 0 Å². The molecule has 4 nitrogen and oxygen atoms in total. The summed E-state index contributed by atoms with van der Waals surface area (Å²) in [6.45, 7) is 5.46. The van der Waals surface area contributed by atoms with Gasteiger partial charge in [-0.1, -0.05) is 39.1 Å². The lowest BCUT2D eigenvalue weighted by Gasteiger charge is -2.35. The molecule has 25 heavy (non-hydrogen) atoms. The van der Waals surface area contributed by atoms with Gasteiger partial charge in [0.05, 0.1) is 5.54 Å². The highest BCUT2D eigenvalue weighted by atomic mass is 79.9. The number of hydrazine groups is 1. The molecule has 0 saturated heterocycles. The topological polar surface area (TPSA) is 49.4 Å². The summed E-state index contributed by atoms with van der Waals surface area (Å²) >= 11 is 15.3. The Morgan fingerprint density at radius 2 is 1.48 bits per heavy atom. The zero-order valence-corrected chi connectivity index (χ0v) is 17.0. The number of carbonyl (C=O) groups is 2.